The van der Waals surface area contributed by atoms with Crippen LogP contribution in [-0.2, 0) is 11.2 Å². The lowest BCUT2D eigenvalue weighted by atomic mass is 10.0. The number of furan rings is 1. The van der Waals surface area contributed by atoms with Gasteiger partial charge in [-0.2, -0.15) is 0 Å². The Labute approximate surface area is 160 Å². The van der Waals surface area contributed by atoms with E-state index in [0.717, 1.165) is 37.1 Å². The minimum Gasteiger partial charge on any atom is -0.497 e. The van der Waals surface area contributed by atoms with E-state index in [1.165, 1.54) is 0 Å². The third-order valence-corrected chi connectivity index (χ3v) is 4.93. The molecule has 7 heteroatoms. The van der Waals surface area contributed by atoms with Gasteiger partial charge in [0.25, 0.3) is 5.91 Å². The van der Waals surface area contributed by atoms with Crippen LogP contribution in [0.1, 0.15) is 29.0 Å². The average Bonchev–Trinajstić information content (AvgIpc) is 3.28. The van der Waals surface area contributed by atoms with Crippen molar-refractivity contribution in [3.63, 3.8) is 0 Å². The van der Waals surface area contributed by atoms with Crippen molar-refractivity contribution in [2.45, 2.75) is 25.3 Å². The van der Waals surface area contributed by atoms with Gasteiger partial charge in [0, 0.05) is 12.6 Å². The molecule has 1 atom stereocenters. The number of hydrogen-bond acceptors (Lipinski definition) is 4. The van der Waals surface area contributed by atoms with Crippen molar-refractivity contribution >= 4 is 27.7 Å². The molecule has 0 saturated carbocycles. The molecule has 2 aromatic rings. The molecule has 26 heavy (non-hydrogen) atoms. The van der Waals surface area contributed by atoms with Crippen LogP contribution in [0.4, 0.5) is 0 Å². The van der Waals surface area contributed by atoms with Gasteiger partial charge in [-0.15, -0.1) is 0 Å². The molecule has 3 rings (SSSR count). The van der Waals surface area contributed by atoms with Gasteiger partial charge in [0.05, 0.1) is 13.7 Å². The van der Waals surface area contributed by atoms with E-state index in [2.05, 4.69) is 21.2 Å². The van der Waals surface area contributed by atoms with E-state index in [1.54, 1.807) is 19.2 Å². The minimum atomic E-state index is -0.396. The van der Waals surface area contributed by atoms with Crippen molar-refractivity contribution in [3.8, 4) is 5.75 Å². The number of carbonyl (C=O) groups excluding carboxylic acids is 2. The van der Waals surface area contributed by atoms with Crippen LogP contribution >= 0.6 is 15.9 Å². The highest BCUT2D eigenvalue weighted by molar-refractivity contribution is 9.10. The predicted octanol–water partition coefficient (Wildman–Crippen LogP) is 3.01. The highest BCUT2D eigenvalue weighted by atomic mass is 79.9. The highest BCUT2D eigenvalue weighted by Crippen LogP contribution is 2.23. The summed E-state index contributed by atoms with van der Waals surface area (Å²) in [5.74, 6) is 0.524. The van der Waals surface area contributed by atoms with Gasteiger partial charge in [-0.05, 0) is 65.0 Å². The summed E-state index contributed by atoms with van der Waals surface area (Å²) >= 11 is 3.15. The Bertz CT molecular complexity index is 789. The number of likely N-dealkylation sites (tertiary alicyclic amines) is 1. The number of methoxy groups -OCH3 is 1. The molecule has 2 heterocycles. The van der Waals surface area contributed by atoms with Crippen molar-refractivity contribution in [1.29, 1.82) is 0 Å². The molecular formula is C19H21BrN2O4. The first-order chi connectivity index (χ1) is 12.6. The zero-order valence-corrected chi connectivity index (χ0v) is 16.1. The van der Waals surface area contributed by atoms with Gasteiger partial charge in [0.1, 0.15) is 5.75 Å². The maximum Gasteiger partial charge on any atom is 0.287 e. The first-order valence-electron chi connectivity index (χ1n) is 8.53. The number of ether oxygens (including phenoxy) is 1. The van der Waals surface area contributed by atoms with Crippen LogP contribution in [0.15, 0.2) is 45.5 Å². The molecule has 1 aromatic carbocycles. The lowest BCUT2D eigenvalue weighted by Gasteiger charge is -2.25. The zero-order chi connectivity index (χ0) is 18.5. The molecule has 0 aliphatic carbocycles. The number of benzene rings is 1. The molecule has 1 aliphatic rings. The van der Waals surface area contributed by atoms with E-state index in [1.807, 2.05) is 29.2 Å². The standard InChI is InChI=1S/C19H21BrN2O4/c1-25-15-6-2-4-13(11-15)10-14-5-3-9-22(14)18(23)12-21-19(24)16-7-8-17(20)26-16/h2,4,6-8,11,14H,3,5,9-10,12H2,1H3,(H,21,24). The fourth-order valence-electron chi connectivity index (χ4n) is 3.23. The first kappa shape index (κ1) is 18.5. The molecule has 1 N–H and O–H groups in total. The largest absolute Gasteiger partial charge is 0.497 e. The van der Waals surface area contributed by atoms with Gasteiger partial charge in [-0.1, -0.05) is 12.1 Å². The SMILES string of the molecule is COc1cccc(CC2CCCN2C(=O)CNC(=O)c2ccc(Br)o2)c1. The number of amides is 2. The second-order valence-electron chi connectivity index (χ2n) is 6.23. The molecule has 6 nitrogen and oxygen atoms in total. The monoisotopic (exact) mass is 420 g/mol. The summed E-state index contributed by atoms with van der Waals surface area (Å²) in [4.78, 5) is 26.4. The van der Waals surface area contributed by atoms with Crippen LogP contribution in [0.25, 0.3) is 0 Å². The lowest BCUT2D eigenvalue weighted by molar-refractivity contribution is -0.130. The summed E-state index contributed by atoms with van der Waals surface area (Å²) in [5.41, 5.74) is 1.14. The zero-order valence-electron chi connectivity index (χ0n) is 14.5. The lowest BCUT2D eigenvalue weighted by Crippen LogP contribution is -2.43. The second kappa shape index (κ2) is 8.40. The van der Waals surface area contributed by atoms with Crippen molar-refractivity contribution in [2.75, 3.05) is 20.2 Å². The topological polar surface area (TPSA) is 71.8 Å². The summed E-state index contributed by atoms with van der Waals surface area (Å²) in [6.07, 6.45) is 2.71. The van der Waals surface area contributed by atoms with Gasteiger partial charge in [-0.3, -0.25) is 9.59 Å². The third-order valence-electron chi connectivity index (χ3n) is 4.50. The molecule has 0 bridgehead atoms. The van der Waals surface area contributed by atoms with Gasteiger partial charge < -0.3 is 19.4 Å². The molecule has 2 amide bonds. The molecule has 0 radical (unpaired) electrons. The second-order valence-corrected chi connectivity index (χ2v) is 7.01. The van der Waals surface area contributed by atoms with E-state index in [-0.39, 0.29) is 24.3 Å². The van der Waals surface area contributed by atoms with Gasteiger partial charge in [-0.25, -0.2) is 0 Å². The summed E-state index contributed by atoms with van der Waals surface area (Å²) < 4.78 is 10.9. The van der Waals surface area contributed by atoms with Crippen molar-refractivity contribution < 1.29 is 18.7 Å². The molecule has 1 saturated heterocycles. The Kier molecular flexibility index (Phi) is 5.98. The van der Waals surface area contributed by atoms with E-state index in [0.29, 0.717) is 4.67 Å². The van der Waals surface area contributed by atoms with Gasteiger partial charge >= 0.3 is 0 Å². The molecule has 1 unspecified atom stereocenters. The van der Waals surface area contributed by atoms with Crippen LogP contribution in [0.3, 0.4) is 0 Å². The molecule has 138 valence electrons. The molecule has 1 aromatic heterocycles. The quantitative estimate of drug-likeness (QED) is 0.779. The maximum absolute atomic E-state index is 12.6. The smallest absolute Gasteiger partial charge is 0.287 e. The van der Waals surface area contributed by atoms with Crippen LogP contribution in [-0.4, -0.2) is 43.0 Å². The summed E-state index contributed by atoms with van der Waals surface area (Å²) in [5, 5.41) is 2.63. The van der Waals surface area contributed by atoms with Crippen molar-refractivity contribution in [2.24, 2.45) is 0 Å². The number of nitrogens with zero attached hydrogens (tertiary/aromatic N) is 1. The van der Waals surface area contributed by atoms with Gasteiger partial charge in [0.15, 0.2) is 10.4 Å². The number of nitrogens with one attached hydrogen (secondary N) is 1. The Morgan fingerprint density at radius 1 is 1.35 bits per heavy atom. The van der Waals surface area contributed by atoms with Crippen molar-refractivity contribution in [1.82, 2.24) is 10.2 Å². The van der Waals surface area contributed by atoms with E-state index in [9.17, 15) is 9.59 Å². The van der Waals surface area contributed by atoms with Crippen LogP contribution in [0.5, 0.6) is 5.75 Å². The average molecular weight is 421 g/mol. The van der Waals surface area contributed by atoms with Crippen LogP contribution in [0.2, 0.25) is 0 Å². The summed E-state index contributed by atoms with van der Waals surface area (Å²) in [6.45, 7) is 0.682. The Balaban J connectivity index is 1.56. The fraction of sp³-hybridized carbons (Fsp3) is 0.368. The molecular weight excluding hydrogens is 400 g/mol. The fourth-order valence-corrected chi connectivity index (χ4v) is 3.54. The van der Waals surface area contributed by atoms with E-state index < -0.39 is 5.91 Å². The number of carbonyl (C=O) groups is 2. The van der Waals surface area contributed by atoms with Crippen LogP contribution < -0.4 is 10.1 Å². The van der Waals surface area contributed by atoms with E-state index in [4.69, 9.17) is 9.15 Å². The normalized spacial score (nSPS) is 16.5. The molecule has 1 fully saturated rings. The Morgan fingerprint density at radius 3 is 2.92 bits per heavy atom. The maximum atomic E-state index is 12.6. The Hall–Kier alpha value is -2.28. The van der Waals surface area contributed by atoms with Gasteiger partial charge in [0.2, 0.25) is 5.91 Å². The Morgan fingerprint density at radius 2 is 2.19 bits per heavy atom. The number of hydrogen-bond donors (Lipinski definition) is 1. The predicted molar refractivity (Wildman–Crippen MR) is 100 cm³/mol. The van der Waals surface area contributed by atoms with E-state index >= 15 is 0 Å². The molecule has 1 aliphatic heterocycles. The number of halogens is 1. The summed E-state index contributed by atoms with van der Waals surface area (Å²) in [7, 11) is 1.64. The minimum absolute atomic E-state index is 0.0359. The number of rotatable bonds is 6. The highest BCUT2D eigenvalue weighted by Gasteiger charge is 2.29. The summed E-state index contributed by atoms with van der Waals surface area (Å²) in [6, 6.07) is 11.2. The first-order valence-corrected chi connectivity index (χ1v) is 9.32. The van der Waals surface area contributed by atoms with Crippen molar-refractivity contribution in [3.05, 3.63) is 52.4 Å². The van der Waals surface area contributed by atoms with Crippen LogP contribution in [0, 0.1) is 0 Å². The molecule has 0 spiro atoms. The third kappa shape index (κ3) is 4.46.